The molecular weight excluding hydrogens is 258 g/mol. The molecule has 0 saturated carbocycles. The van der Waals surface area contributed by atoms with E-state index < -0.39 is 0 Å². The normalized spacial score (nSPS) is 13.5. The quantitative estimate of drug-likeness (QED) is 0.702. The zero-order valence-electron chi connectivity index (χ0n) is 14.7. The van der Waals surface area contributed by atoms with Crippen LogP contribution in [0.1, 0.15) is 59.4 Å². The van der Waals surface area contributed by atoms with E-state index in [9.17, 15) is 0 Å². The molecule has 0 spiro atoms. The predicted molar refractivity (Wildman–Crippen MR) is 92.1 cm³/mol. The topological polar surface area (TPSA) is 21.3 Å². The maximum atomic E-state index is 5.96. The van der Waals surface area contributed by atoms with E-state index >= 15 is 0 Å². The zero-order valence-corrected chi connectivity index (χ0v) is 14.7. The molecule has 1 rings (SSSR count). The molecule has 21 heavy (non-hydrogen) atoms. The van der Waals surface area contributed by atoms with Crippen molar-refractivity contribution in [2.45, 2.75) is 53.9 Å². The molecule has 0 bridgehead atoms. The Labute approximate surface area is 131 Å². The first-order chi connectivity index (χ1) is 9.84. The van der Waals surface area contributed by atoms with Gasteiger partial charge in [0.25, 0.3) is 0 Å². The molecule has 0 fully saturated rings. The van der Waals surface area contributed by atoms with Crippen LogP contribution in [0.25, 0.3) is 0 Å². The number of rotatable bonds is 9. The standard InChI is InChI=1S/C19H33NO/c1-7-16(4)17-8-10-18(11-9-17)21-14-19(5,6)13-20-12-15(2)3/h8-11,15-16,20H,7,12-14H2,1-6H3. The van der Waals surface area contributed by atoms with Crippen molar-refractivity contribution in [2.75, 3.05) is 19.7 Å². The van der Waals surface area contributed by atoms with Gasteiger partial charge in [-0.3, -0.25) is 0 Å². The first-order valence-electron chi connectivity index (χ1n) is 8.27. The summed E-state index contributed by atoms with van der Waals surface area (Å²) in [6.45, 7) is 16.2. The minimum Gasteiger partial charge on any atom is -0.493 e. The van der Waals surface area contributed by atoms with E-state index in [-0.39, 0.29) is 5.41 Å². The number of ether oxygens (including phenoxy) is 1. The fourth-order valence-electron chi connectivity index (χ4n) is 2.16. The molecule has 120 valence electrons. The molecular formula is C19H33NO. The average Bonchev–Trinajstić information content (AvgIpc) is 2.44. The van der Waals surface area contributed by atoms with Gasteiger partial charge in [0.05, 0.1) is 6.61 Å². The highest BCUT2D eigenvalue weighted by Crippen LogP contribution is 2.23. The van der Waals surface area contributed by atoms with Crippen LogP contribution < -0.4 is 10.1 Å². The minimum absolute atomic E-state index is 0.143. The van der Waals surface area contributed by atoms with E-state index in [0.717, 1.165) is 25.4 Å². The molecule has 1 aromatic rings. The molecule has 2 heteroatoms. The van der Waals surface area contributed by atoms with Gasteiger partial charge in [0, 0.05) is 12.0 Å². The number of hydrogen-bond donors (Lipinski definition) is 1. The SMILES string of the molecule is CCC(C)c1ccc(OCC(C)(C)CNCC(C)C)cc1. The number of nitrogens with one attached hydrogen (secondary N) is 1. The molecule has 0 saturated heterocycles. The summed E-state index contributed by atoms with van der Waals surface area (Å²) in [5.41, 5.74) is 1.53. The van der Waals surface area contributed by atoms with Crippen LogP contribution >= 0.6 is 0 Å². The van der Waals surface area contributed by atoms with Crippen molar-refractivity contribution in [1.29, 1.82) is 0 Å². The van der Waals surface area contributed by atoms with Crippen LogP contribution in [0.3, 0.4) is 0 Å². The molecule has 0 radical (unpaired) electrons. The van der Waals surface area contributed by atoms with Gasteiger partial charge in [-0.05, 0) is 42.5 Å². The first-order valence-corrected chi connectivity index (χ1v) is 8.27. The fraction of sp³-hybridized carbons (Fsp3) is 0.684. The van der Waals surface area contributed by atoms with Crippen molar-refractivity contribution in [2.24, 2.45) is 11.3 Å². The first kappa shape index (κ1) is 18.0. The third kappa shape index (κ3) is 6.99. The van der Waals surface area contributed by atoms with E-state index in [1.54, 1.807) is 0 Å². The Balaban J connectivity index is 2.43. The van der Waals surface area contributed by atoms with Crippen molar-refractivity contribution in [3.8, 4) is 5.75 Å². The number of hydrogen-bond acceptors (Lipinski definition) is 2. The van der Waals surface area contributed by atoms with Gasteiger partial charge in [-0.1, -0.05) is 53.7 Å². The molecule has 0 amide bonds. The second-order valence-electron chi connectivity index (χ2n) is 7.36. The lowest BCUT2D eigenvalue weighted by Crippen LogP contribution is -2.35. The van der Waals surface area contributed by atoms with E-state index in [1.807, 2.05) is 0 Å². The summed E-state index contributed by atoms with van der Waals surface area (Å²) in [6, 6.07) is 8.57. The maximum Gasteiger partial charge on any atom is 0.119 e. The Morgan fingerprint density at radius 3 is 2.24 bits per heavy atom. The highest BCUT2D eigenvalue weighted by atomic mass is 16.5. The highest BCUT2D eigenvalue weighted by Gasteiger charge is 2.18. The minimum atomic E-state index is 0.143. The summed E-state index contributed by atoms with van der Waals surface area (Å²) in [7, 11) is 0. The van der Waals surface area contributed by atoms with Crippen molar-refractivity contribution in [1.82, 2.24) is 5.32 Å². The smallest absolute Gasteiger partial charge is 0.119 e. The second-order valence-corrected chi connectivity index (χ2v) is 7.36. The monoisotopic (exact) mass is 291 g/mol. The van der Waals surface area contributed by atoms with Gasteiger partial charge in [0.2, 0.25) is 0 Å². The molecule has 0 aliphatic carbocycles. The van der Waals surface area contributed by atoms with Gasteiger partial charge in [-0.2, -0.15) is 0 Å². The summed E-state index contributed by atoms with van der Waals surface area (Å²) < 4.78 is 5.96. The summed E-state index contributed by atoms with van der Waals surface area (Å²) in [4.78, 5) is 0. The Kier molecular flexibility index (Phi) is 7.24. The third-order valence-electron chi connectivity index (χ3n) is 3.85. The molecule has 1 N–H and O–H groups in total. The van der Waals surface area contributed by atoms with Crippen molar-refractivity contribution in [3.63, 3.8) is 0 Å². The van der Waals surface area contributed by atoms with Crippen LogP contribution in [-0.2, 0) is 0 Å². The lowest BCUT2D eigenvalue weighted by atomic mass is 9.94. The van der Waals surface area contributed by atoms with E-state index in [1.165, 1.54) is 12.0 Å². The Bertz CT molecular complexity index is 395. The van der Waals surface area contributed by atoms with Crippen LogP contribution in [0.15, 0.2) is 24.3 Å². The number of benzene rings is 1. The predicted octanol–water partition coefficient (Wildman–Crippen LogP) is 4.85. The lowest BCUT2D eigenvalue weighted by Gasteiger charge is -2.26. The average molecular weight is 291 g/mol. The summed E-state index contributed by atoms with van der Waals surface area (Å²) in [5, 5.41) is 3.51. The summed E-state index contributed by atoms with van der Waals surface area (Å²) in [5.74, 6) is 2.28. The van der Waals surface area contributed by atoms with Crippen LogP contribution in [0.4, 0.5) is 0 Å². The van der Waals surface area contributed by atoms with E-state index in [2.05, 4.69) is 71.1 Å². The second kappa shape index (κ2) is 8.43. The van der Waals surface area contributed by atoms with Crippen LogP contribution in [0.2, 0.25) is 0 Å². The van der Waals surface area contributed by atoms with Gasteiger partial charge in [0.1, 0.15) is 5.75 Å². The van der Waals surface area contributed by atoms with Gasteiger partial charge in [-0.25, -0.2) is 0 Å². The summed E-state index contributed by atoms with van der Waals surface area (Å²) >= 11 is 0. The molecule has 1 atom stereocenters. The Morgan fingerprint density at radius 2 is 1.71 bits per heavy atom. The van der Waals surface area contributed by atoms with Crippen LogP contribution in [0.5, 0.6) is 5.75 Å². The Morgan fingerprint density at radius 1 is 1.10 bits per heavy atom. The fourth-order valence-corrected chi connectivity index (χ4v) is 2.16. The van der Waals surface area contributed by atoms with Gasteiger partial charge >= 0.3 is 0 Å². The molecule has 1 unspecified atom stereocenters. The molecule has 0 heterocycles. The van der Waals surface area contributed by atoms with Crippen LogP contribution in [0, 0.1) is 11.3 Å². The highest BCUT2D eigenvalue weighted by molar-refractivity contribution is 5.29. The molecule has 0 aromatic heterocycles. The van der Waals surface area contributed by atoms with Crippen molar-refractivity contribution < 1.29 is 4.74 Å². The molecule has 0 aliphatic heterocycles. The van der Waals surface area contributed by atoms with Gasteiger partial charge in [-0.15, -0.1) is 0 Å². The van der Waals surface area contributed by atoms with Crippen molar-refractivity contribution >= 4 is 0 Å². The molecule has 2 nitrogen and oxygen atoms in total. The van der Waals surface area contributed by atoms with Gasteiger partial charge in [0.15, 0.2) is 0 Å². The maximum absolute atomic E-state index is 5.96. The third-order valence-corrected chi connectivity index (χ3v) is 3.85. The Hall–Kier alpha value is -1.02. The zero-order chi connectivity index (χ0) is 15.9. The largest absolute Gasteiger partial charge is 0.493 e. The summed E-state index contributed by atoms with van der Waals surface area (Å²) in [6.07, 6.45) is 1.18. The van der Waals surface area contributed by atoms with E-state index in [0.29, 0.717) is 11.8 Å². The molecule has 0 aliphatic rings. The molecule has 1 aromatic carbocycles. The lowest BCUT2D eigenvalue weighted by molar-refractivity contribution is 0.175. The van der Waals surface area contributed by atoms with Crippen molar-refractivity contribution in [3.05, 3.63) is 29.8 Å². The van der Waals surface area contributed by atoms with E-state index in [4.69, 9.17) is 4.74 Å². The van der Waals surface area contributed by atoms with Gasteiger partial charge < -0.3 is 10.1 Å². The van der Waals surface area contributed by atoms with Crippen LogP contribution in [-0.4, -0.2) is 19.7 Å².